The number of nitrogens with one attached hydrogen (secondary N) is 1. The molecule has 4 heteroatoms. The van der Waals surface area contributed by atoms with Crippen molar-refractivity contribution in [3.05, 3.63) is 17.5 Å². The largest absolute Gasteiger partial charge is 0.311 e. The molecule has 108 valence electrons. The number of hydrogen-bond acceptors (Lipinski definition) is 3. The fraction of sp³-hybridized carbons (Fsp3) is 0.800. The second-order valence-corrected chi connectivity index (χ2v) is 5.84. The monoisotopic (exact) mass is 264 g/mol. The first-order valence-electron chi connectivity index (χ1n) is 7.65. The van der Waals surface area contributed by atoms with E-state index >= 15 is 0 Å². The summed E-state index contributed by atoms with van der Waals surface area (Å²) in [4.78, 5) is 2.56. The quantitative estimate of drug-likeness (QED) is 0.882. The number of nitrogens with zero attached hydrogens (tertiary/aromatic N) is 3. The molecule has 1 aromatic heterocycles. The van der Waals surface area contributed by atoms with Crippen LogP contribution < -0.4 is 5.32 Å². The molecule has 1 N–H and O–H groups in total. The first-order valence-corrected chi connectivity index (χ1v) is 7.65. The van der Waals surface area contributed by atoms with Crippen LogP contribution in [-0.2, 0) is 19.5 Å². The standard InChI is InChI=1S/C15H28N4/c1-5-13-9-14(19(6-2)17-13)10-18-8-7-16-15(11-18)12(3)4/h9,12,15-16H,5-8,10-11H2,1-4H3. The highest BCUT2D eigenvalue weighted by Gasteiger charge is 2.22. The van der Waals surface area contributed by atoms with E-state index in [2.05, 4.69) is 53.8 Å². The molecule has 4 nitrogen and oxygen atoms in total. The second kappa shape index (κ2) is 6.53. The Hall–Kier alpha value is -0.870. The maximum Gasteiger partial charge on any atom is 0.0625 e. The molecule has 0 aliphatic carbocycles. The minimum Gasteiger partial charge on any atom is -0.311 e. The summed E-state index contributed by atoms with van der Waals surface area (Å²) < 4.78 is 2.16. The van der Waals surface area contributed by atoms with Crippen molar-refractivity contribution in [3.63, 3.8) is 0 Å². The van der Waals surface area contributed by atoms with Crippen molar-refractivity contribution in [2.45, 2.75) is 53.2 Å². The van der Waals surface area contributed by atoms with Crippen molar-refractivity contribution >= 4 is 0 Å². The second-order valence-electron chi connectivity index (χ2n) is 5.84. The van der Waals surface area contributed by atoms with E-state index < -0.39 is 0 Å². The number of aromatic nitrogens is 2. The van der Waals surface area contributed by atoms with Gasteiger partial charge in [0.15, 0.2) is 0 Å². The van der Waals surface area contributed by atoms with E-state index in [1.165, 1.54) is 11.4 Å². The summed E-state index contributed by atoms with van der Waals surface area (Å²) >= 11 is 0. The summed E-state index contributed by atoms with van der Waals surface area (Å²) in [6.45, 7) is 14.3. The predicted octanol–water partition coefficient (Wildman–Crippen LogP) is 1.90. The van der Waals surface area contributed by atoms with E-state index in [1.54, 1.807) is 0 Å². The Morgan fingerprint density at radius 1 is 1.42 bits per heavy atom. The van der Waals surface area contributed by atoms with Gasteiger partial charge in [0.05, 0.1) is 11.4 Å². The lowest BCUT2D eigenvalue weighted by atomic mass is 10.0. The maximum atomic E-state index is 4.64. The summed E-state index contributed by atoms with van der Waals surface area (Å²) in [5.41, 5.74) is 2.58. The molecular formula is C15H28N4. The zero-order chi connectivity index (χ0) is 13.8. The van der Waals surface area contributed by atoms with E-state index in [0.717, 1.165) is 39.1 Å². The fourth-order valence-electron chi connectivity index (χ4n) is 2.75. The third kappa shape index (κ3) is 3.57. The van der Waals surface area contributed by atoms with Crippen LogP contribution in [0.4, 0.5) is 0 Å². The minimum atomic E-state index is 0.623. The third-order valence-corrected chi connectivity index (χ3v) is 4.06. The van der Waals surface area contributed by atoms with Gasteiger partial charge in [-0.3, -0.25) is 9.58 Å². The van der Waals surface area contributed by atoms with E-state index in [0.29, 0.717) is 12.0 Å². The predicted molar refractivity (Wildman–Crippen MR) is 79.2 cm³/mol. The number of piperazine rings is 1. The van der Waals surface area contributed by atoms with Crippen LogP contribution in [0.5, 0.6) is 0 Å². The molecule has 0 saturated carbocycles. The molecule has 0 aromatic carbocycles. The lowest BCUT2D eigenvalue weighted by Crippen LogP contribution is -2.52. The van der Waals surface area contributed by atoms with Gasteiger partial charge in [-0.25, -0.2) is 0 Å². The van der Waals surface area contributed by atoms with E-state index in [9.17, 15) is 0 Å². The molecule has 19 heavy (non-hydrogen) atoms. The highest BCUT2D eigenvalue weighted by atomic mass is 15.3. The Morgan fingerprint density at radius 3 is 2.84 bits per heavy atom. The number of hydrogen-bond donors (Lipinski definition) is 1. The molecule has 0 bridgehead atoms. The van der Waals surface area contributed by atoms with Crippen molar-refractivity contribution in [2.24, 2.45) is 5.92 Å². The van der Waals surface area contributed by atoms with Crippen LogP contribution in [0.2, 0.25) is 0 Å². The Morgan fingerprint density at radius 2 is 2.21 bits per heavy atom. The first kappa shape index (κ1) is 14.5. The summed E-state index contributed by atoms with van der Waals surface area (Å²) in [6.07, 6.45) is 1.02. The van der Waals surface area contributed by atoms with E-state index in [1.807, 2.05) is 0 Å². The molecule has 2 heterocycles. The Balaban J connectivity index is 2.02. The molecular weight excluding hydrogens is 236 g/mol. The van der Waals surface area contributed by atoms with E-state index in [-0.39, 0.29) is 0 Å². The maximum absolute atomic E-state index is 4.64. The van der Waals surface area contributed by atoms with Gasteiger partial charge in [-0.05, 0) is 25.3 Å². The highest BCUT2D eigenvalue weighted by Crippen LogP contribution is 2.13. The first-order chi connectivity index (χ1) is 9.13. The molecule has 1 atom stereocenters. The van der Waals surface area contributed by atoms with Gasteiger partial charge in [-0.1, -0.05) is 20.8 Å². The van der Waals surface area contributed by atoms with Gasteiger partial charge < -0.3 is 5.32 Å². The molecule has 0 amide bonds. The van der Waals surface area contributed by atoms with Crippen LogP contribution in [0, 0.1) is 5.92 Å². The molecule has 1 fully saturated rings. The number of rotatable bonds is 5. The molecule has 2 rings (SSSR count). The van der Waals surface area contributed by atoms with Gasteiger partial charge in [-0.2, -0.15) is 5.10 Å². The van der Waals surface area contributed by atoms with Crippen molar-refractivity contribution in [3.8, 4) is 0 Å². The van der Waals surface area contributed by atoms with Crippen molar-refractivity contribution in [2.75, 3.05) is 19.6 Å². The van der Waals surface area contributed by atoms with Gasteiger partial charge >= 0.3 is 0 Å². The number of aryl methyl sites for hydroxylation is 2. The minimum absolute atomic E-state index is 0.623. The normalized spacial score (nSPS) is 21.2. The smallest absolute Gasteiger partial charge is 0.0625 e. The van der Waals surface area contributed by atoms with Crippen molar-refractivity contribution < 1.29 is 0 Å². The van der Waals surface area contributed by atoms with E-state index in [4.69, 9.17) is 0 Å². The third-order valence-electron chi connectivity index (χ3n) is 4.06. The van der Waals surface area contributed by atoms with Crippen LogP contribution in [0.1, 0.15) is 39.1 Å². The molecule has 1 saturated heterocycles. The zero-order valence-electron chi connectivity index (χ0n) is 12.8. The topological polar surface area (TPSA) is 33.1 Å². The van der Waals surface area contributed by atoms with Crippen LogP contribution >= 0.6 is 0 Å². The fourth-order valence-corrected chi connectivity index (χ4v) is 2.75. The highest BCUT2D eigenvalue weighted by molar-refractivity contribution is 5.10. The van der Waals surface area contributed by atoms with Gasteiger partial charge in [0.1, 0.15) is 0 Å². The lowest BCUT2D eigenvalue weighted by Gasteiger charge is -2.35. The van der Waals surface area contributed by atoms with Gasteiger partial charge in [-0.15, -0.1) is 0 Å². The van der Waals surface area contributed by atoms with Crippen LogP contribution in [-0.4, -0.2) is 40.4 Å². The Kier molecular flexibility index (Phi) is 4.99. The van der Waals surface area contributed by atoms with Crippen LogP contribution in [0.3, 0.4) is 0 Å². The molecule has 1 aliphatic heterocycles. The lowest BCUT2D eigenvalue weighted by molar-refractivity contribution is 0.165. The Bertz CT molecular complexity index is 397. The molecule has 0 radical (unpaired) electrons. The molecule has 0 spiro atoms. The SMILES string of the molecule is CCc1cc(CN2CCNC(C(C)C)C2)n(CC)n1. The van der Waals surface area contributed by atoms with Crippen molar-refractivity contribution in [1.29, 1.82) is 0 Å². The molecule has 1 aliphatic rings. The summed E-state index contributed by atoms with van der Waals surface area (Å²) in [7, 11) is 0. The van der Waals surface area contributed by atoms with Gasteiger partial charge in [0, 0.05) is 38.8 Å². The summed E-state index contributed by atoms with van der Waals surface area (Å²) in [6, 6.07) is 2.90. The summed E-state index contributed by atoms with van der Waals surface area (Å²) in [5.74, 6) is 0.699. The Labute approximate surface area is 117 Å². The van der Waals surface area contributed by atoms with Crippen LogP contribution in [0.15, 0.2) is 6.07 Å². The van der Waals surface area contributed by atoms with Crippen LogP contribution in [0.25, 0.3) is 0 Å². The molecule has 1 aromatic rings. The average molecular weight is 264 g/mol. The average Bonchev–Trinajstić information content (AvgIpc) is 2.81. The van der Waals surface area contributed by atoms with Crippen molar-refractivity contribution in [1.82, 2.24) is 20.0 Å². The van der Waals surface area contributed by atoms with Gasteiger partial charge in [0.2, 0.25) is 0 Å². The molecule has 1 unspecified atom stereocenters. The summed E-state index contributed by atoms with van der Waals surface area (Å²) in [5, 5.41) is 8.26. The van der Waals surface area contributed by atoms with Gasteiger partial charge in [0.25, 0.3) is 0 Å². The zero-order valence-corrected chi connectivity index (χ0v) is 12.8.